The Kier molecular flexibility index (Phi) is 6.01. The van der Waals surface area contributed by atoms with Crippen molar-refractivity contribution >= 4 is 0 Å². The van der Waals surface area contributed by atoms with Gasteiger partial charge in [0.05, 0.1) is 0 Å². The Morgan fingerprint density at radius 1 is 1.08 bits per heavy atom. The maximum absolute atomic E-state index is 10.3. The molecule has 0 bridgehead atoms. The fourth-order valence-electron chi connectivity index (χ4n) is 3.18. The molecule has 3 rings (SSSR count). The summed E-state index contributed by atoms with van der Waals surface area (Å²) in [5, 5.41) is 10.3. The molecule has 1 aliphatic rings. The maximum atomic E-state index is 10.3. The summed E-state index contributed by atoms with van der Waals surface area (Å²) in [5.74, 6) is 2.45. The average Bonchev–Trinajstić information content (AvgIpc) is 2.61. The van der Waals surface area contributed by atoms with E-state index in [2.05, 4.69) is 4.90 Å². The molecule has 0 amide bonds. The van der Waals surface area contributed by atoms with Crippen LogP contribution in [0.1, 0.15) is 16.7 Å². The van der Waals surface area contributed by atoms with E-state index in [1.165, 1.54) is 0 Å². The minimum absolute atomic E-state index is 0.275. The van der Waals surface area contributed by atoms with Gasteiger partial charge in [0.1, 0.15) is 31.7 Å². The van der Waals surface area contributed by atoms with Crippen molar-refractivity contribution in [3.8, 4) is 17.2 Å². The topological polar surface area (TPSA) is 51.2 Å². The van der Waals surface area contributed by atoms with Crippen molar-refractivity contribution in [1.29, 1.82) is 0 Å². The van der Waals surface area contributed by atoms with Crippen molar-refractivity contribution in [2.45, 2.75) is 26.5 Å². The van der Waals surface area contributed by atoms with Crippen molar-refractivity contribution in [2.24, 2.45) is 0 Å². The first kappa shape index (κ1) is 18.5. The van der Waals surface area contributed by atoms with Gasteiger partial charge in [-0.3, -0.25) is 4.90 Å². The second-order valence-corrected chi connectivity index (χ2v) is 6.86. The van der Waals surface area contributed by atoms with Crippen molar-refractivity contribution in [1.82, 2.24) is 4.90 Å². The Balaban J connectivity index is 1.50. The van der Waals surface area contributed by atoms with E-state index in [0.29, 0.717) is 19.8 Å². The highest BCUT2D eigenvalue weighted by Gasteiger charge is 2.14. The van der Waals surface area contributed by atoms with Crippen molar-refractivity contribution in [3.63, 3.8) is 0 Å². The van der Waals surface area contributed by atoms with Crippen LogP contribution in [0.4, 0.5) is 0 Å². The van der Waals surface area contributed by atoms with Gasteiger partial charge in [-0.05, 0) is 49.7 Å². The molecule has 0 fully saturated rings. The molecule has 1 aliphatic heterocycles. The van der Waals surface area contributed by atoms with Crippen LogP contribution in [0.5, 0.6) is 17.2 Å². The third-order valence-electron chi connectivity index (χ3n) is 4.41. The predicted octanol–water partition coefficient (Wildman–Crippen LogP) is 2.95. The minimum Gasteiger partial charge on any atom is -0.490 e. The molecule has 0 spiro atoms. The number of aliphatic hydroxyl groups is 1. The zero-order valence-electron chi connectivity index (χ0n) is 15.7. The summed E-state index contributed by atoms with van der Waals surface area (Å²) >= 11 is 0. The zero-order valence-corrected chi connectivity index (χ0v) is 15.7. The Morgan fingerprint density at radius 2 is 1.77 bits per heavy atom. The molecule has 0 saturated heterocycles. The van der Waals surface area contributed by atoms with Gasteiger partial charge >= 0.3 is 0 Å². The third-order valence-corrected chi connectivity index (χ3v) is 4.41. The van der Waals surface area contributed by atoms with E-state index in [9.17, 15) is 5.11 Å². The maximum Gasteiger partial charge on any atom is 0.161 e. The third kappa shape index (κ3) is 4.68. The number of aliphatic hydroxyl groups excluding tert-OH is 1. The van der Waals surface area contributed by atoms with Crippen LogP contribution in [-0.4, -0.2) is 49.5 Å². The van der Waals surface area contributed by atoms with E-state index >= 15 is 0 Å². The number of para-hydroxylation sites is 1. The number of likely N-dealkylation sites (N-methyl/N-ethyl adjacent to an activating group) is 1. The number of nitrogens with zero attached hydrogens (tertiary/aromatic N) is 1. The first-order valence-electron chi connectivity index (χ1n) is 8.97. The van der Waals surface area contributed by atoms with Crippen LogP contribution in [-0.2, 0) is 6.54 Å². The molecular weight excluding hydrogens is 330 g/mol. The highest BCUT2D eigenvalue weighted by molar-refractivity contribution is 5.43. The van der Waals surface area contributed by atoms with Gasteiger partial charge in [0, 0.05) is 13.1 Å². The van der Waals surface area contributed by atoms with E-state index in [-0.39, 0.29) is 6.61 Å². The summed E-state index contributed by atoms with van der Waals surface area (Å²) in [7, 11) is 1.99. The number of rotatable bonds is 7. The molecule has 1 atom stereocenters. The lowest BCUT2D eigenvalue weighted by atomic mass is 10.1. The van der Waals surface area contributed by atoms with Crippen LogP contribution in [0, 0.1) is 13.8 Å². The number of benzene rings is 2. The highest BCUT2D eigenvalue weighted by atomic mass is 16.6. The first-order chi connectivity index (χ1) is 12.5. The SMILES string of the molecule is Cc1cccc(C)c1OC[C@@H](O)CN(C)Cc1ccc2c(c1)OCCO2. The summed E-state index contributed by atoms with van der Waals surface area (Å²) in [6, 6.07) is 12.0. The Bertz CT molecular complexity index is 727. The number of hydrogen-bond acceptors (Lipinski definition) is 5. The van der Waals surface area contributed by atoms with Crippen LogP contribution in [0.15, 0.2) is 36.4 Å². The van der Waals surface area contributed by atoms with Crippen molar-refractivity contribution in [2.75, 3.05) is 33.4 Å². The standard InChI is InChI=1S/C21H27NO4/c1-15-5-4-6-16(2)21(15)26-14-18(23)13-22(3)12-17-7-8-19-20(11-17)25-10-9-24-19/h4-8,11,18,23H,9-10,12-14H2,1-3H3/t18-/m0/s1. The summed E-state index contributed by atoms with van der Waals surface area (Å²) in [4.78, 5) is 2.07. The molecule has 5 heteroatoms. The van der Waals surface area contributed by atoms with Gasteiger partial charge in [-0.2, -0.15) is 0 Å². The summed E-state index contributed by atoms with van der Waals surface area (Å²) in [6.07, 6.45) is -0.559. The number of ether oxygens (including phenoxy) is 3. The lowest BCUT2D eigenvalue weighted by Crippen LogP contribution is -2.33. The number of aryl methyl sites for hydroxylation is 2. The normalized spacial score (nSPS) is 14.3. The molecule has 1 N–H and O–H groups in total. The Morgan fingerprint density at radius 3 is 2.50 bits per heavy atom. The second-order valence-electron chi connectivity index (χ2n) is 6.86. The fourth-order valence-corrected chi connectivity index (χ4v) is 3.18. The molecule has 0 saturated carbocycles. The van der Waals surface area contributed by atoms with Crippen LogP contribution in [0.25, 0.3) is 0 Å². The van der Waals surface area contributed by atoms with Crippen LogP contribution < -0.4 is 14.2 Å². The molecule has 5 nitrogen and oxygen atoms in total. The van der Waals surface area contributed by atoms with Gasteiger partial charge in [0.15, 0.2) is 11.5 Å². The number of hydrogen-bond donors (Lipinski definition) is 1. The quantitative estimate of drug-likeness (QED) is 0.826. The monoisotopic (exact) mass is 357 g/mol. The van der Waals surface area contributed by atoms with Crippen LogP contribution >= 0.6 is 0 Å². The molecule has 26 heavy (non-hydrogen) atoms. The summed E-state index contributed by atoms with van der Waals surface area (Å²) in [5.41, 5.74) is 3.29. The van der Waals surface area contributed by atoms with Crippen molar-refractivity contribution in [3.05, 3.63) is 53.1 Å². The van der Waals surface area contributed by atoms with Gasteiger partial charge in [0.25, 0.3) is 0 Å². The Hall–Kier alpha value is -2.24. The molecule has 0 aliphatic carbocycles. The molecule has 2 aromatic rings. The molecular formula is C21H27NO4. The van der Waals surface area contributed by atoms with Crippen LogP contribution in [0.2, 0.25) is 0 Å². The lowest BCUT2D eigenvalue weighted by Gasteiger charge is -2.23. The Labute approximate surface area is 155 Å². The minimum atomic E-state index is -0.559. The second kappa shape index (κ2) is 8.43. The van der Waals surface area contributed by atoms with Crippen molar-refractivity contribution < 1.29 is 19.3 Å². The molecule has 140 valence electrons. The molecule has 0 unspecified atom stereocenters. The fraction of sp³-hybridized carbons (Fsp3) is 0.429. The van der Waals surface area contributed by atoms with Crippen LogP contribution in [0.3, 0.4) is 0 Å². The smallest absolute Gasteiger partial charge is 0.161 e. The molecule has 2 aromatic carbocycles. The van der Waals surface area contributed by atoms with E-state index < -0.39 is 6.10 Å². The predicted molar refractivity (Wildman–Crippen MR) is 101 cm³/mol. The van der Waals surface area contributed by atoms with Gasteiger partial charge < -0.3 is 19.3 Å². The van der Waals surface area contributed by atoms with Gasteiger partial charge in [-0.1, -0.05) is 24.3 Å². The lowest BCUT2D eigenvalue weighted by molar-refractivity contribution is 0.0738. The van der Waals surface area contributed by atoms with Gasteiger partial charge in [0.2, 0.25) is 0 Å². The average molecular weight is 357 g/mol. The molecule has 1 heterocycles. The zero-order chi connectivity index (χ0) is 18.5. The largest absolute Gasteiger partial charge is 0.490 e. The van der Waals surface area contributed by atoms with E-state index in [1.54, 1.807) is 0 Å². The highest BCUT2D eigenvalue weighted by Crippen LogP contribution is 2.31. The van der Waals surface area contributed by atoms with E-state index in [0.717, 1.165) is 40.5 Å². The number of fused-ring (bicyclic) bond motifs is 1. The van der Waals surface area contributed by atoms with E-state index in [4.69, 9.17) is 14.2 Å². The van der Waals surface area contributed by atoms with E-state index in [1.807, 2.05) is 57.3 Å². The molecule has 0 aromatic heterocycles. The van der Waals surface area contributed by atoms with Gasteiger partial charge in [-0.25, -0.2) is 0 Å². The summed E-state index contributed by atoms with van der Waals surface area (Å²) in [6.45, 7) is 6.73. The summed E-state index contributed by atoms with van der Waals surface area (Å²) < 4.78 is 17.0. The first-order valence-corrected chi connectivity index (χ1v) is 8.97. The molecule has 0 radical (unpaired) electrons. The van der Waals surface area contributed by atoms with Gasteiger partial charge in [-0.15, -0.1) is 0 Å².